The lowest BCUT2D eigenvalue weighted by molar-refractivity contribution is 0.163. The van der Waals surface area contributed by atoms with Crippen LogP contribution in [0.1, 0.15) is 40.0 Å². The summed E-state index contributed by atoms with van der Waals surface area (Å²) in [5.74, 6) is 0. The van der Waals surface area contributed by atoms with Gasteiger partial charge in [0, 0.05) is 18.6 Å². The molecule has 2 N–H and O–H groups in total. The van der Waals surface area contributed by atoms with Crippen molar-refractivity contribution in [2.24, 2.45) is 5.73 Å². The van der Waals surface area contributed by atoms with Gasteiger partial charge < -0.3 is 5.73 Å². The van der Waals surface area contributed by atoms with Crippen LogP contribution in [0.3, 0.4) is 0 Å². The first-order valence-corrected chi connectivity index (χ1v) is 5.13. The fourth-order valence-electron chi connectivity index (χ4n) is 1.78. The van der Waals surface area contributed by atoms with Crippen molar-refractivity contribution < 1.29 is 0 Å². The van der Waals surface area contributed by atoms with E-state index in [4.69, 9.17) is 5.73 Å². The van der Waals surface area contributed by atoms with Gasteiger partial charge in [0.05, 0.1) is 0 Å². The van der Waals surface area contributed by atoms with E-state index in [2.05, 4.69) is 32.7 Å². The summed E-state index contributed by atoms with van der Waals surface area (Å²) in [5, 5.41) is 0. The summed E-state index contributed by atoms with van der Waals surface area (Å²) >= 11 is 0. The lowest BCUT2D eigenvalue weighted by Crippen LogP contribution is -2.43. The maximum absolute atomic E-state index is 5.69. The van der Waals surface area contributed by atoms with Crippen LogP contribution in [0.25, 0.3) is 0 Å². The van der Waals surface area contributed by atoms with Crippen molar-refractivity contribution in [2.75, 3.05) is 13.6 Å². The number of nitrogens with two attached hydrogens (primary N) is 1. The van der Waals surface area contributed by atoms with Crippen LogP contribution in [0, 0.1) is 0 Å². The van der Waals surface area contributed by atoms with Crippen LogP contribution in [-0.2, 0) is 0 Å². The van der Waals surface area contributed by atoms with Crippen LogP contribution in [0.5, 0.6) is 0 Å². The Hall–Kier alpha value is -0.0800. The summed E-state index contributed by atoms with van der Waals surface area (Å²) in [6.45, 7) is 7.47. The van der Waals surface area contributed by atoms with E-state index < -0.39 is 0 Å². The van der Waals surface area contributed by atoms with Crippen LogP contribution in [0.2, 0.25) is 0 Å². The van der Waals surface area contributed by atoms with E-state index in [0.717, 1.165) is 13.0 Å². The van der Waals surface area contributed by atoms with Crippen molar-refractivity contribution in [3.05, 3.63) is 0 Å². The van der Waals surface area contributed by atoms with Crippen LogP contribution in [-0.4, -0.2) is 30.6 Å². The Balaban J connectivity index is 4.02. The summed E-state index contributed by atoms with van der Waals surface area (Å²) < 4.78 is 0. The smallest absolute Gasteiger partial charge is 0.0215 e. The molecule has 0 spiro atoms. The summed E-state index contributed by atoms with van der Waals surface area (Å²) in [4.78, 5) is 2.43. The maximum Gasteiger partial charge on any atom is 0.0215 e. The average Bonchev–Trinajstić information content (AvgIpc) is 2.09. The molecule has 0 heterocycles. The fraction of sp³-hybridized carbons (Fsp3) is 1.00. The Morgan fingerprint density at radius 1 is 1.00 bits per heavy atom. The van der Waals surface area contributed by atoms with Crippen molar-refractivity contribution in [3.8, 4) is 0 Å². The van der Waals surface area contributed by atoms with Crippen LogP contribution in [0.4, 0.5) is 0 Å². The zero-order chi connectivity index (χ0) is 9.56. The topological polar surface area (TPSA) is 29.3 Å². The van der Waals surface area contributed by atoms with Gasteiger partial charge in [-0.25, -0.2) is 0 Å². The van der Waals surface area contributed by atoms with E-state index in [0.29, 0.717) is 12.1 Å². The van der Waals surface area contributed by atoms with Gasteiger partial charge in [0.2, 0.25) is 0 Å². The van der Waals surface area contributed by atoms with Gasteiger partial charge in [0.1, 0.15) is 0 Å². The number of hydrogen-bond acceptors (Lipinski definition) is 2. The molecule has 0 aliphatic rings. The number of likely N-dealkylation sites (N-methyl/N-ethyl adjacent to an activating group) is 1. The van der Waals surface area contributed by atoms with E-state index >= 15 is 0 Å². The highest BCUT2D eigenvalue weighted by molar-refractivity contribution is 4.74. The molecule has 0 radical (unpaired) electrons. The molecule has 0 aliphatic carbocycles. The van der Waals surface area contributed by atoms with Gasteiger partial charge in [-0.2, -0.15) is 0 Å². The Labute approximate surface area is 77.1 Å². The minimum absolute atomic E-state index is 0.565. The summed E-state index contributed by atoms with van der Waals surface area (Å²) in [6, 6.07) is 1.27. The molecular formula is C10H24N2. The van der Waals surface area contributed by atoms with Crippen LogP contribution in [0.15, 0.2) is 0 Å². The molecule has 0 saturated heterocycles. The normalized spacial score (nSPS) is 14.2. The first-order chi connectivity index (χ1) is 5.71. The van der Waals surface area contributed by atoms with Gasteiger partial charge in [-0.3, -0.25) is 4.90 Å². The maximum atomic E-state index is 5.69. The number of hydrogen-bond donors (Lipinski definition) is 1. The third-order valence-electron chi connectivity index (χ3n) is 2.84. The van der Waals surface area contributed by atoms with E-state index in [1.165, 1.54) is 12.8 Å². The summed E-state index contributed by atoms with van der Waals surface area (Å²) in [6.07, 6.45) is 3.61. The van der Waals surface area contributed by atoms with Gasteiger partial charge in [0.25, 0.3) is 0 Å². The Bertz CT molecular complexity index is 84.0. The lowest BCUT2D eigenvalue weighted by Gasteiger charge is -2.32. The molecule has 74 valence electrons. The quantitative estimate of drug-likeness (QED) is 0.662. The number of rotatable bonds is 6. The van der Waals surface area contributed by atoms with Gasteiger partial charge in [-0.15, -0.1) is 0 Å². The number of nitrogens with zero attached hydrogens (tertiary/aromatic N) is 1. The van der Waals surface area contributed by atoms with Crippen molar-refractivity contribution >= 4 is 0 Å². The zero-order valence-electron chi connectivity index (χ0n) is 9.01. The third-order valence-corrected chi connectivity index (χ3v) is 2.84. The molecule has 2 heteroatoms. The van der Waals surface area contributed by atoms with E-state index in [1.54, 1.807) is 0 Å². The molecule has 0 bridgehead atoms. The average molecular weight is 172 g/mol. The second-order valence-corrected chi connectivity index (χ2v) is 3.43. The van der Waals surface area contributed by atoms with Gasteiger partial charge in [0.15, 0.2) is 0 Å². The van der Waals surface area contributed by atoms with E-state index in [1.807, 2.05) is 0 Å². The van der Waals surface area contributed by atoms with E-state index in [-0.39, 0.29) is 0 Å². The molecule has 2 nitrogen and oxygen atoms in total. The predicted molar refractivity (Wildman–Crippen MR) is 55.3 cm³/mol. The largest absolute Gasteiger partial charge is 0.329 e. The van der Waals surface area contributed by atoms with Gasteiger partial charge >= 0.3 is 0 Å². The first-order valence-electron chi connectivity index (χ1n) is 5.13. The van der Waals surface area contributed by atoms with Crippen molar-refractivity contribution in [1.82, 2.24) is 4.90 Å². The van der Waals surface area contributed by atoms with Crippen molar-refractivity contribution in [1.29, 1.82) is 0 Å². The van der Waals surface area contributed by atoms with Crippen molar-refractivity contribution in [3.63, 3.8) is 0 Å². The molecule has 0 saturated carbocycles. The summed E-state index contributed by atoms with van der Waals surface area (Å²) in [5.41, 5.74) is 5.69. The zero-order valence-corrected chi connectivity index (χ0v) is 9.01. The Morgan fingerprint density at radius 3 is 1.67 bits per heavy atom. The standard InChI is InChI=1S/C10H24N2/c1-5-9(6-2)12(4)10(7-3)8-11/h9-10H,5-8,11H2,1-4H3. The summed E-state index contributed by atoms with van der Waals surface area (Å²) in [7, 11) is 2.19. The second kappa shape index (κ2) is 6.44. The van der Waals surface area contributed by atoms with Crippen LogP contribution >= 0.6 is 0 Å². The minimum atomic E-state index is 0.565. The van der Waals surface area contributed by atoms with Crippen LogP contribution < -0.4 is 5.73 Å². The molecule has 0 aromatic heterocycles. The van der Waals surface area contributed by atoms with Gasteiger partial charge in [-0.05, 0) is 26.3 Å². The third kappa shape index (κ3) is 3.11. The highest BCUT2D eigenvalue weighted by Crippen LogP contribution is 2.11. The van der Waals surface area contributed by atoms with Crippen molar-refractivity contribution in [2.45, 2.75) is 52.1 Å². The Morgan fingerprint density at radius 2 is 1.42 bits per heavy atom. The monoisotopic (exact) mass is 172 g/mol. The first kappa shape index (κ1) is 11.9. The highest BCUT2D eigenvalue weighted by atomic mass is 15.2. The molecule has 0 aromatic carbocycles. The molecule has 0 fully saturated rings. The van der Waals surface area contributed by atoms with Gasteiger partial charge in [-0.1, -0.05) is 20.8 Å². The highest BCUT2D eigenvalue weighted by Gasteiger charge is 2.17. The molecule has 0 aliphatic heterocycles. The molecule has 12 heavy (non-hydrogen) atoms. The second-order valence-electron chi connectivity index (χ2n) is 3.43. The Kier molecular flexibility index (Phi) is 6.39. The lowest BCUT2D eigenvalue weighted by atomic mass is 10.1. The van der Waals surface area contributed by atoms with E-state index in [9.17, 15) is 0 Å². The molecular weight excluding hydrogens is 148 g/mol. The predicted octanol–water partition coefficient (Wildman–Crippen LogP) is 1.84. The molecule has 0 rings (SSSR count). The molecule has 0 aromatic rings. The molecule has 0 amide bonds. The molecule has 1 atom stereocenters. The fourth-order valence-corrected chi connectivity index (χ4v) is 1.78. The SMILES string of the molecule is CCC(CC)N(C)C(CC)CN. The molecule has 1 unspecified atom stereocenters. The minimum Gasteiger partial charge on any atom is -0.329 e.